The molecule has 18 heavy (non-hydrogen) atoms. The predicted molar refractivity (Wildman–Crippen MR) is 70.4 cm³/mol. The third kappa shape index (κ3) is 1.69. The van der Waals surface area contributed by atoms with E-state index in [1.165, 1.54) is 0 Å². The number of ketones is 1. The molecule has 0 N–H and O–H groups in total. The van der Waals surface area contributed by atoms with Crippen molar-refractivity contribution in [1.82, 2.24) is 0 Å². The minimum absolute atomic E-state index is 0.0218. The molecule has 1 aromatic carbocycles. The van der Waals surface area contributed by atoms with Gasteiger partial charge in [-0.2, -0.15) is 0 Å². The second-order valence-corrected chi connectivity index (χ2v) is 5.42. The fraction of sp³-hybridized carbons (Fsp3) is 0.533. The average molecular weight is 248 g/mol. The summed E-state index contributed by atoms with van der Waals surface area (Å²) in [5.74, 6) is 1.91. The van der Waals surface area contributed by atoms with Crippen molar-refractivity contribution in [2.24, 2.45) is 5.92 Å². The van der Waals surface area contributed by atoms with Crippen LogP contribution in [0.3, 0.4) is 0 Å². The van der Waals surface area contributed by atoms with Crippen molar-refractivity contribution in [1.29, 1.82) is 0 Å². The molecule has 0 unspecified atom stereocenters. The number of hydrogen-bond donors (Lipinski definition) is 0. The Morgan fingerprint density at radius 2 is 1.72 bits per heavy atom. The van der Waals surface area contributed by atoms with Gasteiger partial charge in [0.25, 0.3) is 0 Å². The molecule has 0 saturated heterocycles. The highest BCUT2D eigenvalue weighted by molar-refractivity contribution is 5.94. The van der Waals surface area contributed by atoms with Crippen LogP contribution in [0.5, 0.6) is 11.5 Å². The Morgan fingerprint density at radius 3 is 2.28 bits per heavy atom. The van der Waals surface area contributed by atoms with Crippen molar-refractivity contribution in [2.75, 3.05) is 14.2 Å². The Labute approximate surface area is 108 Å². The van der Waals surface area contributed by atoms with Crippen LogP contribution < -0.4 is 9.47 Å². The van der Waals surface area contributed by atoms with Crippen molar-refractivity contribution in [2.45, 2.75) is 32.6 Å². The van der Waals surface area contributed by atoms with E-state index >= 15 is 0 Å². The summed E-state index contributed by atoms with van der Waals surface area (Å²) >= 11 is 0. The molecule has 1 atom stereocenters. The van der Waals surface area contributed by atoms with Crippen LogP contribution >= 0.6 is 0 Å². The van der Waals surface area contributed by atoms with Crippen molar-refractivity contribution < 1.29 is 14.3 Å². The summed E-state index contributed by atoms with van der Waals surface area (Å²) < 4.78 is 10.8. The molecule has 0 amide bonds. The van der Waals surface area contributed by atoms with Crippen molar-refractivity contribution in [3.8, 4) is 11.5 Å². The van der Waals surface area contributed by atoms with E-state index in [-0.39, 0.29) is 11.7 Å². The molecular formula is C15H20O3. The van der Waals surface area contributed by atoms with Crippen LogP contribution in [0.4, 0.5) is 0 Å². The Hall–Kier alpha value is -1.51. The SMILES string of the molecule is COc1ccc(OC)c2c1C[C@@H](C)C(=O)C2(C)C. The van der Waals surface area contributed by atoms with Gasteiger partial charge in [-0.25, -0.2) is 0 Å². The maximum Gasteiger partial charge on any atom is 0.146 e. The van der Waals surface area contributed by atoms with E-state index in [4.69, 9.17) is 9.47 Å². The summed E-state index contributed by atoms with van der Waals surface area (Å²) in [4.78, 5) is 12.4. The minimum atomic E-state index is -0.521. The lowest BCUT2D eigenvalue weighted by Crippen LogP contribution is -2.40. The van der Waals surface area contributed by atoms with E-state index in [1.54, 1.807) is 14.2 Å². The molecule has 3 nitrogen and oxygen atoms in total. The number of Topliss-reactive ketones (excluding diaryl/α,β-unsaturated/α-hetero) is 1. The molecule has 0 bridgehead atoms. The molecule has 1 aliphatic carbocycles. The number of methoxy groups -OCH3 is 2. The number of fused-ring (bicyclic) bond motifs is 1. The van der Waals surface area contributed by atoms with Gasteiger partial charge in [0.2, 0.25) is 0 Å². The van der Waals surface area contributed by atoms with Gasteiger partial charge < -0.3 is 9.47 Å². The first-order valence-electron chi connectivity index (χ1n) is 6.22. The summed E-state index contributed by atoms with van der Waals surface area (Å²) in [6, 6.07) is 3.79. The summed E-state index contributed by atoms with van der Waals surface area (Å²) in [6.45, 7) is 5.91. The topological polar surface area (TPSA) is 35.5 Å². The molecule has 0 saturated carbocycles. The quantitative estimate of drug-likeness (QED) is 0.807. The summed E-state index contributed by atoms with van der Waals surface area (Å²) in [6.07, 6.45) is 0.720. The molecule has 0 fully saturated rings. The molecule has 0 aliphatic heterocycles. The predicted octanol–water partition coefficient (Wildman–Crippen LogP) is 2.74. The van der Waals surface area contributed by atoms with Crippen molar-refractivity contribution >= 4 is 5.78 Å². The lowest BCUT2D eigenvalue weighted by Gasteiger charge is -2.36. The fourth-order valence-electron chi connectivity index (χ4n) is 2.99. The third-order valence-corrected chi connectivity index (χ3v) is 3.87. The van der Waals surface area contributed by atoms with Crippen LogP contribution in [0, 0.1) is 5.92 Å². The van der Waals surface area contributed by atoms with Crippen LogP contribution in [0.1, 0.15) is 31.9 Å². The highest BCUT2D eigenvalue weighted by atomic mass is 16.5. The fourth-order valence-corrected chi connectivity index (χ4v) is 2.99. The number of rotatable bonds is 2. The second kappa shape index (κ2) is 4.30. The molecule has 1 aliphatic rings. The Morgan fingerprint density at radius 1 is 1.17 bits per heavy atom. The molecule has 3 heteroatoms. The number of ether oxygens (including phenoxy) is 2. The van der Waals surface area contributed by atoms with Crippen LogP contribution in [-0.2, 0) is 16.6 Å². The van der Waals surface area contributed by atoms with Gasteiger partial charge in [-0.15, -0.1) is 0 Å². The first kappa shape index (κ1) is 12.9. The number of carbonyl (C=O) groups is 1. The highest BCUT2D eigenvalue weighted by Crippen LogP contribution is 2.45. The zero-order valence-corrected chi connectivity index (χ0v) is 11.7. The molecule has 0 spiro atoms. The summed E-state index contributed by atoms with van der Waals surface area (Å²) in [5, 5.41) is 0. The van der Waals surface area contributed by atoms with E-state index in [0.29, 0.717) is 0 Å². The minimum Gasteiger partial charge on any atom is -0.496 e. The zero-order chi connectivity index (χ0) is 13.5. The molecule has 1 aromatic rings. The lowest BCUT2D eigenvalue weighted by molar-refractivity contribution is -0.127. The van der Waals surface area contributed by atoms with Crippen molar-refractivity contribution in [3.05, 3.63) is 23.3 Å². The number of hydrogen-bond acceptors (Lipinski definition) is 3. The van der Waals surface area contributed by atoms with Gasteiger partial charge in [0.15, 0.2) is 0 Å². The van der Waals surface area contributed by atoms with E-state index in [2.05, 4.69) is 0 Å². The number of benzene rings is 1. The molecule has 0 heterocycles. The van der Waals surface area contributed by atoms with Gasteiger partial charge in [-0.1, -0.05) is 6.92 Å². The molecular weight excluding hydrogens is 228 g/mol. The Kier molecular flexibility index (Phi) is 3.09. The standard InChI is InChI=1S/C15H20O3/c1-9-8-10-11(17-4)6-7-12(18-5)13(10)15(2,3)14(9)16/h6-7,9H,8H2,1-5H3/t9-/m1/s1. The third-order valence-electron chi connectivity index (χ3n) is 3.87. The Bertz CT molecular complexity index is 489. The molecule has 98 valence electrons. The van der Waals surface area contributed by atoms with Crippen LogP contribution in [-0.4, -0.2) is 20.0 Å². The lowest BCUT2D eigenvalue weighted by atomic mass is 9.67. The maximum absolute atomic E-state index is 12.4. The van der Waals surface area contributed by atoms with E-state index in [1.807, 2.05) is 32.9 Å². The molecule has 0 aromatic heterocycles. The van der Waals surface area contributed by atoms with Gasteiger partial charge in [-0.3, -0.25) is 4.79 Å². The first-order valence-corrected chi connectivity index (χ1v) is 6.22. The van der Waals surface area contributed by atoms with Gasteiger partial charge in [0.1, 0.15) is 17.3 Å². The largest absolute Gasteiger partial charge is 0.496 e. The Balaban J connectivity index is 2.74. The molecule has 0 radical (unpaired) electrons. The number of carbonyl (C=O) groups excluding carboxylic acids is 1. The summed E-state index contributed by atoms with van der Waals surface area (Å²) in [7, 11) is 3.30. The summed E-state index contributed by atoms with van der Waals surface area (Å²) in [5.41, 5.74) is 1.56. The van der Waals surface area contributed by atoms with Gasteiger partial charge in [-0.05, 0) is 32.4 Å². The van der Waals surface area contributed by atoms with Gasteiger partial charge in [0.05, 0.1) is 19.6 Å². The van der Waals surface area contributed by atoms with Crippen LogP contribution in [0.25, 0.3) is 0 Å². The van der Waals surface area contributed by atoms with Crippen molar-refractivity contribution in [3.63, 3.8) is 0 Å². The normalized spacial score (nSPS) is 21.4. The van der Waals surface area contributed by atoms with Gasteiger partial charge >= 0.3 is 0 Å². The zero-order valence-electron chi connectivity index (χ0n) is 11.7. The second-order valence-electron chi connectivity index (χ2n) is 5.42. The van der Waals surface area contributed by atoms with E-state index in [0.717, 1.165) is 29.0 Å². The molecule has 2 rings (SSSR count). The highest BCUT2D eigenvalue weighted by Gasteiger charge is 2.42. The van der Waals surface area contributed by atoms with Gasteiger partial charge in [0, 0.05) is 17.0 Å². The van der Waals surface area contributed by atoms with Crippen LogP contribution in [0.15, 0.2) is 12.1 Å². The van der Waals surface area contributed by atoms with Crippen LogP contribution in [0.2, 0.25) is 0 Å². The first-order chi connectivity index (χ1) is 8.43. The average Bonchev–Trinajstić information content (AvgIpc) is 2.35. The monoisotopic (exact) mass is 248 g/mol. The smallest absolute Gasteiger partial charge is 0.146 e. The maximum atomic E-state index is 12.4. The van der Waals surface area contributed by atoms with E-state index in [9.17, 15) is 4.79 Å². The van der Waals surface area contributed by atoms with E-state index < -0.39 is 5.41 Å².